The third-order valence-electron chi connectivity index (χ3n) is 3.99. The van der Waals surface area contributed by atoms with Crippen LogP contribution in [0.15, 0.2) is 48.7 Å². The summed E-state index contributed by atoms with van der Waals surface area (Å²) in [4.78, 5) is 0. The van der Waals surface area contributed by atoms with E-state index in [9.17, 15) is 0 Å². The standard InChI is InChI=1S/C19H22N2/c1-13(2)16-9-7-10-17(14(3)4)19(16)21-12-15-8-5-6-11-18(15)20-21/h5-14H,1-4H3. The molecular weight excluding hydrogens is 256 g/mol. The molecule has 0 N–H and O–H groups in total. The summed E-state index contributed by atoms with van der Waals surface area (Å²) in [5.74, 6) is 0.956. The van der Waals surface area contributed by atoms with Crippen molar-refractivity contribution in [3.63, 3.8) is 0 Å². The number of hydrogen-bond acceptors (Lipinski definition) is 1. The second-order valence-corrected chi connectivity index (χ2v) is 6.23. The molecule has 0 aliphatic rings. The Kier molecular flexibility index (Phi) is 3.54. The summed E-state index contributed by atoms with van der Waals surface area (Å²) in [6.07, 6.45) is 2.14. The van der Waals surface area contributed by atoms with Gasteiger partial charge in [0.05, 0.1) is 11.2 Å². The smallest absolute Gasteiger partial charge is 0.0927 e. The van der Waals surface area contributed by atoms with Crippen molar-refractivity contribution < 1.29 is 0 Å². The molecule has 1 heterocycles. The Labute approximate surface area is 126 Å². The number of benzene rings is 2. The molecule has 21 heavy (non-hydrogen) atoms. The molecule has 3 rings (SSSR count). The molecule has 0 atom stereocenters. The average Bonchev–Trinajstić information content (AvgIpc) is 2.89. The molecular formula is C19H22N2. The van der Waals surface area contributed by atoms with Crippen LogP contribution in [0.4, 0.5) is 0 Å². The number of aromatic nitrogens is 2. The predicted octanol–water partition coefficient (Wildman–Crippen LogP) is 5.27. The van der Waals surface area contributed by atoms with E-state index in [2.05, 4.69) is 75.0 Å². The number of hydrogen-bond donors (Lipinski definition) is 0. The zero-order valence-electron chi connectivity index (χ0n) is 13.2. The van der Waals surface area contributed by atoms with Crippen LogP contribution in [0.3, 0.4) is 0 Å². The molecule has 0 saturated carbocycles. The fourth-order valence-electron chi connectivity index (χ4n) is 2.86. The summed E-state index contributed by atoms with van der Waals surface area (Å²) < 4.78 is 2.06. The summed E-state index contributed by atoms with van der Waals surface area (Å²) in [6.45, 7) is 8.97. The van der Waals surface area contributed by atoms with Crippen LogP contribution in [0.2, 0.25) is 0 Å². The molecule has 0 fully saturated rings. The maximum atomic E-state index is 4.79. The van der Waals surface area contributed by atoms with E-state index < -0.39 is 0 Å². The molecule has 0 aliphatic carbocycles. The highest BCUT2D eigenvalue weighted by atomic mass is 15.3. The van der Waals surface area contributed by atoms with Gasteiger partial charge in [-0.15, -0.1) is 0 Å². The summed E-state index contributed by atoms with van der Waals surface area (Å²) in [5, 5.41) is 5.97. The first kappa shape index (κ1) is 13.9. The molecule has 2 nitrogen and oxygen atoms in total. The maximum Gasteiger partial charge on any atom is 0.0927 e. The van der Waals surface area contributed by atoms with E-state index in [0.717, 1.165) is 5.52 Å². The molecule has 0 unspecified atom stereocenters. The SMILES string of the molecule is CC(C)c1cccc(C(C)C)c1-n1cc2ccccc2n1. The van der Waals surface area contributed by atoms with Gasteiger partial charge < -0.3 is 0 Å². The van der Waals surface area contributed by atoms with Gasteiger partial charge in [-0.2, -0.15) is 5.10 Å². The number of rotatable bonds is 3. The van der Waals surface area contributed by atoms with Crippen LogP contribution in [0.5, 0.6) is 0 Å². The Balaban J connectivity index is 2.28. The van der Waals surface area contributed by atoms with Crippen LogP contribution in [-0.4, -0.2) is 9.78 Å². The minimum absolute atomic E-state index is 0.478. The molecule has 3 aromatic rings. The average molecular weight is 278 g/mol. The van der Waals surface area contributed by atoms with Gasteiger partial charge in [-0.1, -0.05) is 64.1 Å². The van der Waals surface area contributed by atoms with Crippen LogP contribution in [-0.2, 0) is 0 Å². The Morgan fingerprint density at radius 3 is 2.00 bits per heavy atom. The lowest BCUT2D eigenvalue weighted by atomic mass is 9.93. The quantitative estimate of drug-likeness (QED) is 0.638. The van der Waals surface area contributed by atoms with Crippen LogP contribution in [0.1, 0.15) is 50.7 Å². The molecule has 0 spiro atoms. The van der Waals surface area contributed by atoms with E-state index in [-0.39, 0.29) is 0 Å². The summed E-state index contributed by atoms with van der Waals surface area (Å²) in [5.41, 5.74) is 5.01. The zero-order chi connectivity index (χ0) is 15.0. The Bertz CT molecular complexity index is 707. The van der Waals surface area contributed by atoms with Crippen molar-refractivity contribution in [2.45, 2.75) is 39.5 Å². The van der Waals surface area contributed by atoms with Crippen molar-refractivity contribution in [3.05, 3.63) is 59.8 Å². The van der Waals surface area contributed by atoms with E-state index in [1.165, 1.54) is 22.2 Å². The van der Waals surface area contributed by atoms with Crippen molar-refractivity contribution in [2.75, 3.05) is 0 Å². The van der Waals surface area contributed by atoms with Gasteiger partial charge in [-0.3, -0.25) is 0 Å². The highest BCUT2D eigenvalue weighted by Crippen LogP contribution is 2.31. The number of nitrogens with zero attached hydrogens (tertiary/aromatic N) is 2. The molecule has 1 aromatic heterocycles. The monoisotopic (exact) mass is 278 g/mol. The van der Waals surface area contributed by atoms with Crippen LogP contribution < -0.4 is 0 Å². The predicted molar refractivity (Wildman–Crippen MR) is 89.2 cm³/mol. The van der Waals surface area contributed by atoms with Crippen molar-refractivity contribution in [2.24, 2.45) is 0 Å². The van der Waals surface area contributed by atoms with E-state index in [0.29, 0.717) is 11.8 Å². The van der Waals surface area contributed by atoms with E-state index >= 15 is 0 Å². The van der Waals surface area contributed by atoms with Crippen LogP contribution >= 0.6 is 0 Å². The highest BCUT2D eigenvalue weighted by Gasteiger charge is 2.16. The van der Waals surface area contributed by atoms with Gasteiger partial charge in [0.2, 0.25) is 0 Å². The van der Waals surface area contributed by atoms with Gasteiger partial charge in [0.25, 0.3) is 0 Å². The maximum absolute atomic E-state index is 4.79. The molecule has 0 amide bonds. The first-order valence-electron chi connectivity index (χ1n) is 7.65. The van der Waals surface area contributed by atoms with Gasteiger partial charge in [0.1, 0.15) is 0 Å². The lowest BCUT2D eigenvalue weighted by Gasteiger charge is -2.19. The zero-order valence-corrected chi connectivity index (χ0v) is 13.2. The van der Waals surface area contributed by atoms with Crippen molar-refractivity contribution in [1.29, 1.82) is 0 Å². The first-order valence-corrected chi connectivity index (χ1v) is 7.65. The summed E-state index contributed by atoms with van der Waals surface area (Å²) in [6, 6.07) is 14.9. The fraction of sp³-hybridized carbons (Fsp3) is 0.316. The minimum atomic E-state index is 0.478. The van der Waals surface area contributed by atoms with Gasteiger partial charge in [0, 0.05) is 11.6 Å². The first-order chi connectivity index (χ1) is 10.1. The minimum Gasteiger partial charge on any atom is -0.239 e. The van der Waals surface area contributed by atoms with Crippen molar-refractivity contribution in [3.8, 4) is 5.69 Å². The van der Waals surface area contributed by atoms with E-state index in [1.807, 2.05) is 6.07 Å². The van der Waals surface area contributed by atoms with Crippen molar-refractivity contribution in [1.82, 2.24) is 9.78 Å². The second kappa shape index (κ2) is 5.36. The molecule has 108 valence electrons. The number of para-hydroxylation sites is 1. The molecule has 0 radical (unpaired) electrons. The van der Waals surface area contributed by atoms with Crippen LogP contribution in [0.25, 0.3) is 16.6 Å². The molecule has 0 aliphatic heterocycles. The molecule has 2 heteroatoms. The molecule has 0 saturated heterocycles. The normalized spacial score (nSPS) is 11.7. The van der Waals surface area contributed by atoms with Gasteiger partial charge >= 0.3 is 0 Å². The largest absolute Gasteiger partial charge is 0.239 e. The Morgan fingerprint density at radius 2 is 1.43 bits per heavy atom. The van der Waals surface area contributed by atoms with Gasteiger partial charge in [-0.25, -0.2) is 4.68 Å². The van der Waals surface area contributed by atoms with Crippen LogP contribution in [0, 0.1) is 0 Å². The van der Waals surface area contributed by atoms with Gasteiger partial charge in [0.15, 0.2) is 0 Å². The highest BCUT2D eigenvalue weighted by molar-refractivity contribution is 5.78. The summed E-state index contributed by atoms with van der Waals surface area (Å²) in [7, 11) is 0. The molecule has 0 bridgehead atoms. The Hall–Kier alpha value is -2.09. The Morgan fingerprint density at radius 1 is 0.810 bits per heavy atom. The third kappa shape index (κ3) is 2.46. The van der Waals surface area contributed by atoms with Crippen molar-refractivity contribution >= 4 is 10.9 Å². The summed E-state index contributed by atoms with van der Waals surface area (Å²) >= 11 is 0. The third-order valence-corrected chi connectivity index (χ3v) is 3.99. The fourth-order valence-corrected chi connectivity index (χ4v) is 2.86. The topological polar surface area (TPSA) is 17.8 Å². The second-order valence-electron chi connectivity index (χ2n) is 6.23. The van der Waals surface area contributed by atoms with Gasteiger partial charge in [-0.05, 0) is 29.0 Å². The lowest BCUT2D eigenvalue weighted by molar-refractivity contribution is 0.775. The van der Waals surface area contributed by atoms with E-state index in [1.54, 1.807) is 0 Å². The van der Waals surface area contributed by atoms with E-state index in [4.69, 9.17) is 5.10 Å². The number of fused-ring (bicyclic) bond motifs is 1. The lowest BCUT2D eigenvalue weighted by Crippen LogP contribution is -2.07. The molecule has 2 aromatic carbocycles.